The number of nitrogens with zero attached hydrogens (tertiary/aromatic N) is 2. The summed E-state index contributed by atoms with van der Waals surface area (Å²) in [4.78, 5) is 4.43. The summed E-state index contributed by atoms with van der Waals surface area (Å²) in [6.45, 7) is 8.15. The van der Waals surface area contributed by atoms with Crippen LogP contribution in [0, 0.1) is 11.3 Å². The number of nitriles is 1. The maximum Gasteiger partial charge on any atom is 0.507 e. The summed E-state index contributed by atoms with van der Waals surface area (Å²) in [5.74, 6) is 0.493. The number of thiazole rings is 1. The number of hydrogen-bond donors (Lipinski definition) is 0. The first-order valence-corrected chi connectivity index (χ1v) is 7.42. The number of hydrogen-bond acceptors (Lipinski definition) is 5. The highest BCUT2D eigenvalue weighted by Crippen LogP contribution is 2.42. The minimum atomic E-state index is -0.389. The molecule has 0 amide bonds. The predicted octanol–water partition coefficient (Wildman–Crippen LogP) is 2.19. The van der Waals surface area contributed by atoms with Crippen LogP contribution in [-0.2, 0) is 9.31 Å². The molecule has 0 radical (unpaired) electrons. The van der Waals surface area contributed by atoms with Crippen LogP contribution in [0.4, 0.5) is 0 Å². The van der Waals surface area contributed by atoms with E-state index in [0.717, 1.165) is 23.3 Å². The fourth-order valence-corrected chi connectivity index (χ4v) is 3.07. The van der Waals surface area contributed by atoms with Crippen LogP contribution in [0.15, 0.2) is 0 Å². The Morgan fingerprint density at radius 3 is 2.32 bits per heavy atom. The van der Waals surface area contributed by atoms with Gasteiger partial charge in [-0.1, -0.05) is 0 Å². The fraction of sp³-hybridized carbons (Fsp3) is 0.692. The highest BCUT2D eigenvalue weighted by atomic mass is 32.1. The second-order valence-corrected chi connectivity index (χ2v) is 7.27. The largest absolute Gasteiger partial charge is 0.507 e. The van der Waals surface area contributed by atoms with Crippen LogP contribution in [0.2, 0.25) is 0 Å². The summed E-state index contributed by atoms with van der Waals surface area (Å²) in [7, 11) is -0.389. The molecule has 1 aliphatic carbocycles. The standard InChI is InChI=1S/C13H17BN2O2S/c1-12(2)13(3,4)18-14(17-12)11-10(8-5-6-8)16-9(7-15)19-11/h8H,5-6H2,1-4H3. The molecule has 0 atom stereocenters. The summed E-state index contributed by atoms with van der Waals surface area (Å²) >= 11 is 1.40. The van der Waals surface area contributed by atoms with Gasteiger partial charge in [-0.3, -0.25) is 0 Å². The molecule has 0 spiro atoms. The Labute approximate surface area is 117 Å². The third kappa shape index (κ3) is 2.10. The number of aromatic nitrogens is 1. The van der Waals surface area contributed by atoms with Gasteiger partial charge in [0.15, 0.2) is 5.01 Å². The van der Waals surface area contributed by atoms with Gasteiger partial charge < -0.3 is 9.31 Å². The first kappa shape index (κ1) is 13.1. The van der Waals surface area contributed by atoms with Crippen LogP contribution < -0.4 is 4.78 Å². The molecule has 2 heterocycles. The second-order valence-electron chi connectivity index (χ2n) is 6.24. The Hall–Kier alpha value is -0.895. The van der Waals surface area contributed by atoms with Gasteiger partial charge in [-0.05, 0) is 40.5 Å². The highest BCUT2D eigenvalue weighted by Gasteiger charge is 2.53. The van der Waals surface area contributed by atoms with Crippen LogP contribution >= 0.6 is 11.3 Å². The molecule has 100 valence electrons. The Morgan fingerprint density at radius 2 is 1.84 bits per heavy atom. The van der Waals surface area contributed by atoms with Crippen molar-refractivity contribution in [1.29, 1.82) is 5.26 Å². The lowest BCUT2D eigenvalue weighted by Gasteiger charge is -2.32. The monoisotopic (exact) mass is 276 g/mol. The van der Waals surface area contributed by atoms with Gasteiger partial charge >= 0.3 is 7.12 Å². The van der Waals surface area contributed by atoms with E-state index >= 15 is 0 Å². The average Bonchev–Trinajstić information content (AvgIpc) is 3.01. The van der Waals surface area contributed by atoms with E-state index in [0.29, 0.717) is 10.9 Å². The van der Waals surface area contributed by atoms with Crippen molar-refractivity contribution in [2.75, 3.05) is 0 Å². The maximum atomic E-state index is 9.04. The zero-order valence-corrected chi connectivity index (χ0v) is 12.5. The van der Waals surface area contributed by atoms with Crippen LogP contribution in [0.1, 0.15) is 57.2 Å². The Balaban J connectivity index is 1.96. The van der Waals surface area contributed by atoms with Crippen molar-refractivity contribution in [2.45, 2.75) is 57.7 Å². The molecule has 0 bridgehead atoms. The van der Waals surface area contributed by atoms with Crippen molar-refractivity contribution in [2.24, 2.45) is 0 Å². The molecule has 1 saturated carbocycles. The molecule has 6 heteroatoms. The summed E-state index contributed by atoms with van der Waals surface area (Å²) in [6, 6.07) is 2.13. The van der Waals surface area contributed by atoms with E-state index in [-0.39, 0.29) is 18.3 Å². The molecule has 0 aromatic carbocycles. The van der Waals surface area contributed by atoms with Crippen molar-refractivity contribution in [3.8, 4) is 6.07 Å². The van der Waals surface area contributed by atoms with Gasteiger partial charge in [-0.15, -0.1) is 11.3 Å². The summed E-state index contributed by atoms with van der Waals surface area (Å²) < 4.78 is 13.1. The van der Waals surface area contributed by atoms with Gasteiger partial charge in [0, 0.05) is 5.92 Å². The second kappa shape index (κ2) is 4.05. The quantitative estimate of drug-likeness (QED) is 0.777. The Morgan fingerprint density at radius 1 is 1.26 bits per heavy atom. The highest BCUT2D eigenvalue weighted by molar-refractivity contribution is 7.22. The Bertz CT molecular complexity index is 541. The zero-order chi connectivity index (χ0) is 13.8. The van der Waals surface area contributed by atoms with E-state index in [1.165, 1.54) is 11.3 Å². The smallest absolute Gasteiger partial charge is 0.399 e. The van der Waals surface area contributed by atoms with Crippen LogP contribution in [0.25, 0.3) is 0 Å². The van der Waals surface area contributed by atoms with Gasteiger partial charge in [0.1, 0.15) is 6.07 Å². The fourth-order valence-electron chi connectivity index (χ4n) is 2.16. The minimum absolute atomic E-state index is 0.352. The molecule has 2 aliphatic rings. The van der Waals surface area contributed by atoms with Crippen molar-refractivity contribution in [1.82, 2.24) is 4.98 Å². The molecule has 0 unspecified atom stereocenters. The molecule has 2 fully saturated rings. The lowest BCUT2D eigenvalue weighted by molar-refractivity contribution is 0.00578. The molecule has 1 aromatic heterocycles. The first-order valence-electron chi connectivity index (χ1n) is 6.60. The van der Waals surface area contributed by atoms with Crippen molar-refractivity contribution >= 4 is 23.2 Å². The van der Waals surface area contributed by atoms with Crippen molar-refractivity contribution < 1.29 is 9.31 Å². The molecule has 4 nitrogen and oxygen atoms in total. The molecular weight excluding hydrogens is 259 g/mol. The van der Waals surface area contributed by atoms with Gasteiger partial charge in [-0.2, -0.15) is 5.26 Å². The molecule has 1 aromatic rings. The number of rotatable bonds is 2. The summed E-state index contributed by atoms with van der Waals surface area (Å²) in [5.41, 5.74) is 0.310. The van der Waals surface area contributed by atoms with E-state index in [1.807, 2.05) is 27.7 Å². The third-order valence-corrected chi connectivity index (χ3v) is 5.21. The molecule has 1 saturated heterocycles. The van der Waals surface area contributed by atoms with E-state index in [2.05, 4.69) is 11.1 Å². The molecule has 19 heavy (non-hydrogen) atoms. The van der Waals surface area contributed by atoms with Gasteiger partial charge in [0.2, 0.25) is 0 Å². The molecule has 0 N–H and O–H groups in total. The third-order valence-electron chi connectivity index (χ3n) is 4.21. The summed E-state index contributed by atoms with van der Waals surface area (Å²) in [6.07, 6.45) is 2.31. The lowest BCUT2D eigenvalue weighted by Crippen LogP contribution is -2.41. The maximum absolute atomic E-state index is 9.04. The van der Waals surface area contributed by atoms with Gasteiger partial charge in [0.05, 0.1) is 21.7 Å². The van der Waals surface area contributed by atoms with E-state index in [9.17, 15) is 0 Å². The Kier molecular flexibility index (Phi) is 2.79. The van der Waals surface area contributed by atoms with Crippen LogP contribution in [-0.4, -0.2) is 23.3 Å². The molecule has 1 aliphatic heterocycles. The summed E-state index contributed by atoms with van der Waals surface area (Å²) in [5, 5.41) is 9.55. The van der Waals surface area contributed by atoms with Gasteiger partial charge in [0.25, 0.3) is 0 Å². The average molecular weight is 276 g/mol. The predicted molar refractivity (Wildman–Crippen MR) is 74.5 cm³/mol. The van der Waals surface area contributed by atoms with E-state index in [1.54, 1.807) is 0 Å². The topological polar surface area (TPSA) is 55.1 Å². The zero-order valence-electron chi connectivity index (χ0n) is 11.7. The van der Waals surface area contributed by atoms with Crippen molar-refractivity contribution in [3.63, 3.8) is 0 Å². The van der Waals surface area contributed by atoms with Crippen LogP contribution in [0.5, 0.6) is 0 Å². The SMILES string of the molecule is CC1(C)OB(c2sc(C#N)nc2C2CC2)OC1(C)C. The van der Waals surface area contributed by atoms with Gasteiger partial charge in [-0.25, -0.2) is 4.98 Å². The molecular formula is C13H17BN2O2S. The first-order chi connectivity index (χ1) is 8.84. The van der Waals surface area contributed by atoms with Crippen molar-refractivity contribution in [3.05, 3.63) is 10.7 Å². The minimum Gasteiger partial charge on any atom is -0.399 e. The normalized spacial score (nSPS) is 24.5. The lowest BCUT2D eigenvalue weighted by atomic mass is 9.85. The van der Waals surface area contributed by atoms with Crippen LogP contribution in [0.3, 0.4) is 0 Å². The van der Waals surface area contributed by atoms with E-state index < -0.39 is 0 Å². The molecule has 3 rings (SSSR count). The van der Waals surface area contributed by atoms with E-state index in [4.69, 9.17) is 14.6 Å².